The highest BCUT2D eigenvalue weighted by atomic mass is 15.0. The van der Waals surface area contributed by atoms with E-state index in [0.29, 0.717) is 0 Å². The topological polar surface area (TPSA) is 35.6 Å². The first-order valence-corrected chi connectivity index (χ1v) is 17.4. The lowest BCUT2D eigenvalue weighted by Crippen LogP contribution is -2.18. The molecule has 244 valence electrons. The summed E-state index contributed by atoms with van der Waals surface area (Å²) in [5.41, 5.74) is 13.3. The zero-order valence-electron chi connectivity index (χ0n) is 29.8. The van der Waals surface area contributed by atoms with Crippen molar-refractivity contribution >= 4 is 43.9 Å². The van der Waals surface area contributed by atoms with Crippen LogP contribution in [0.1, 0.15) is 77.9 Å². The summed E-state index contributed by atoms with van der Waals surface area (Å²) in [6.07, 6.45) is 0. The predicted molar refractivity (Wildman–Crippen MR) is 207 cm³/mol. The molecule has 0 fully saturated rings. The zero-order valence-corrected chi connectivity index (χ0v) is 29.8. The smallest absolute Gasteiger partial charge is 0.0967 e. The number of aromatic nitrogens is 4. The van der Waals surface area contributed by atoms with E-state index in [9.17, 15) is 0 Å². The molecule has 0 atom stereocenters. The van der Waals surface area contributed by atoms with E-state index in [-0.39, 0.29) is 16.2 Å². The van der Waals surface area contributed by atoms with Gasteiger partial charge in [-0.25, -0.2) is 9.97 Å². The summed E-state index contributed by atoms with van der Waals surface area (Å²) in [5, 5.41) is 2.35. The van der Waals surface area contributed by atoms with E-state index in [1.54, 1.807) is 0 Å². The van der Waals surface area contributed by atoms with Crippen LogP contribution in [0.25, 0.3) is 55.2 Å². The maximum atomic E-state index is 5.32. The number of pyridine rings is 2. The Balaban J connectivity index is 1.35. The zero-order chi connectivity index (χ0) is 34.3. The number of benzene rings is 4. The van der Waals surface area contributed by atoms with Crippen LogP contribution in [0, 0.1) is 0 Å². The molecule has 8 aromatic rings. The van der Waals surface area contributed by atoms with Crippen LogP contribution in [-0.4, -0.2) is 19.1 Å². The van der Waals surface area contributed by atoms with E-state index in [1.807, 2.05) is 0 Å². The standard InChI is InChI=1S/C45H44N4/c1-43(2,3)39-25-23-37-41(46-39)33-27-29(19-21-35(33)48(37)31-15-11-9-12-16-31)45(7,8)30-20-22-36-34(28-30)42-38(24-26-40(47-42)44(4,5)6)49(36)32-17-13-10-14-18-32/h9-28H,1-8H3. The predicted octanol–water partition coefficient (Wildman–Crippen LogP) is 11.6. The molecule has 0 saturated carbocycles. The summed E-state index contributed by atoms with van der Waals surface area (Å²) in [5.74, 6) is 0. The van der Waals surface area contributed by atoms with Gasteiger partial charge in [0.1, 0.15) is 0 Å². The Morgan fingerprint density at radius 2 is 0.776 bits per heavy atom. The molecule has 8 rings (SSSR count). The largest absolute Gasteiger partial charge is 0.308 e. The van der Waals surface area contributed by atoms with Gasteiger partial charge < -0.3 is 9.13 Å². The molecule has 0 N–H and O–H groups in total. The van der Waals surface area contributed by atoms with Gasteiger partial charge in [-0.3, -0.25) is 0 Å². The van der Waals surface area contributed by atoms with Crippen LogP contribution in [0.2, 0.25) is 0 Å². The van der Waals surface area contributed by atoms with Gasteiger partial charge in [-0.2, -0.15) is 0 Å². The van der Waals surface area contributed by atoms with Crippen LogP contribution >= 0.6 is 0 Å². The van der Waals surface area contributed by atoms with Crippen molar-refractivity contribution in [3.63, 3.8) is 0 Å². The van der Waals surface area contributed by atoms with Gasteiger partial charge in [0.2, 0.25) is 0 Å². The Hall–Kier alpha value is -5.22. The molecule has 4 heterocycles. The van der Waals surface area contributed by atoms with Crippen molar-refractivity contribution in [1.82, 2.24) is 19.1 Å². The molecule has 0 radical (unpaired) electrons. The summed E-state index contributed by atoms with van der Waals surface area (Å²) in [4.78, 5) is 10.6. The van der Waals surface area contributed by atoms with Crippen LogP contribution in [0.3, 0.4) is 0 Å². The first-order valence-electron chi connectivity index (χ1n) is 17.4. The van der Waals surface area contributed by atoms with Gasteiger partial charge in [-0.1, -0.05) is 104 Å². The SMILES string of the molecule is CC(C)(C)c1ccc2c(n1)c1cc(C(C)(C)c3ccc4c(c3)c3nc(C(C)(C)C)ccc3n4-c3ccccc3)ccc1n2-c1ccccc1. The van der Waals surface area contributed by atoms with Crippen LogP contribution in [0.5, 0.6) is 0 Å². The lowest BCUT2D eigenvalue weighted by molar-refractivity contribution is 0.571. The van der Waals surface area contributed by atoms with Crippen molar-refractivity contribution in [1.29, 1.82) is 0 Å². The van der Waals surface area contributed by atoms with Gasteiger partial charge in [0, 0.05) is 49.8 Å². The quantitative estimate of drug-likeness (QED) is 0.192. The van der Waals surface area contributed by atoms with Crippen LogP contribution in [0.4, 0.5) is 0 Å². The second-order valence-corrected chi connectivity index (χ2v) is 16.1. The van der Waals surface area contributed by atoms with E-state index >= 15 is 0 Å². The average Bonchev–Trinajstić information content (AvgIpc) is 3.59. The van der Waals surface area contributed by atoms with Crippen molar-refractivity contribution in [2.24, 2.45) is 0 Å². The number of fused-ring (bicyclic) bond motifs is 6. The Morgan fingerprint density at radius 1 is 0.408 bits per heavy atom. The van der Waals surface area contributed by atoms with E-state index in [4.69, 9.17) is 9.97 Å². The summed E-state index contributed by atoms with van der Waals surface area (Å²) < 4.78 is 4.70. The third-order valence-corrected chi connectivity index (χ3v) is 10.2. The van der Waals surface area contributed by atoms with Gasteiger partial charge in [-0.15, -0.1) is 0 Å². The molecule has 49 heavy (non-hydrogen) atoms. The summed E-state index contributed by atoms with van der Waals surface area (Å²) in [6, 6.07) is 44.1. The highest BCUT2D eigenvalue weighted by Crippen LogP contribution is 2.41. The minimum absolute atomic E-state index is 0.0541. The normalized spacial score (nSPS) is 12.9. The maximum absolute atomic E-state index is 5.32. The van der Waals surface area contributed by atoms with E-state index in [1.165, 1.54) is 32.9 Å². The second-order valence-electron chi connectivity index (χ2n) is 16.1. The van der Waals surface area contributed by atoms with Crippen molar-refractivity contribution in [2.75, 3.05) is 0 Å². The second kappa shape index (κ2) is 10.9. The molecule has 4 aromatic heterocycles. The fourth-order valence-electron chi connectivity index (χ4n) is 7.25. The lowest BCUT2D eigenvalue weighted by atomic mass is 9.77. The Labute approximate surface area is 289 Å². The average molecular weight is 641 g/mol. The lowest BCUT2D eigenvalue weighted by Gasteiger charge is -2.26. The molecule has 4 aromatic carbocycles. The van der Waals surface area contributed by atoms with Crippen molar-refractivity contribution in [3.05, 3.63) is 144 Å². The molecule has 0 bridgehead atoms. The molecule has 0 aliphatic rings. The molecule has 0 aliphatic carbocycles. The molecule has 4 nitrogen and oxygen atoms in total. The van der Waals surface area contributed by atoms with Crippen molar-refractivity contribution in [3.8, 4) is 11.4 Å². The summed E-state index contributed by atoms with van der Waals surface area (Å²) >= 11 is 0. The molecule has 4 heteroatoms. The Bertz CT molecular complexity index is 2340. The molecular weight excluding hydrogens is 597 g/mol. The van der Waals surface area contributed by atoms with E-state index < -0.39 is 0 Å². The minimum Gasteiger partial charge on any atom is -0.308 e. The fourth-order valence-corrected chi connectivity index (χ4v) is 7.25. The summed E-state index contributed by atoms with van der Waals surface area (Å²) in [7, 11) is 0. The first-order chi connectivity index (χ1) is 23.3. The number of rotatable bonds is 4. The highest BCUT2D eigenvalue weighted by molar-refractivity contribution is 6.08. The van der Waals surface area contributed by atoms with E-state index in [2.05, 4.69) is 186 Å². The molecule has 0 aliphatic heterocycles. The van der Waals surface area contributed by atoms with Crippen molar-refractivity contribution < 1.29 is 0 Å². The number of para-hydroxylation sites is 2. The van der Waals surface area contributed by atoms with Gasteiger partial charge in [0.15, 0.2) is 0 Å². The van der Waals surface area contributed by atoms with Gasteiger partial charge in [0.05, 0.1) is 33.1 Å². The Kier molecular flexibility index (Phi) is 6.91. The van der Waals surface area contributed by atoms with Crippen LogP contribution in [0.15, 0.2) is 121 Å². The molecule has 0 saturated heterocycles. The van der Waals surface area contributed by atoms with Gasteiger partial charge in [0.25, 0.3) is 0 Å². The Morgan fingerprint density at radius 3 is 1.14 bits per heavy atom. The summed E-state index contributed by atoms with van der Waals surface area (Å²) in [6.45, 7) is 18.1. The van der Waals surface area contributed by atoms with Crippen LogP contribution < -0.4 is 0 Å². The van der Waals surface area contributed by atoms with Gasteiger partial charge in [-0.05, 0) is 83.9 Å². The number of hydrogen-bond donors (Lipinski definition) is 0. The fraction of sp³-hybridized carbons (Fsp3) is 0.244. The monoisotopic (exact) mass is 640 g/mol. The highest BCUT2D eigenvalue weighted by Gasteiger charge is 2.28. The molecule has 0 spiro atoms. The number of nitrogens with zero attached hydrogens (tertiary/aromatic N) is 4. The maximum Gasteiger partial charge on any atom is 0.0967 e. The van der Waals surface area contributed by atoms with Gasteiger partial charge >= 0.3 is 0 Å². The van der Waals surface area contributed by atoms with Crippen LogP contribution in [-0.2, 0) is 16.2 Å². The molecule has 0 amide bonds. The van der Waals surface area contributed by atoms with Crippen molar-refractivity contribution in [2.45, 2.75) is 71.6 Å². The minimum atomic E-state index is -0.284. The molecular formula is C45H44N4. The number of hydrogen-bond acceptors (Lipinski definition) is 2. The third kappa shape index (κ3) is 5.04. The first kappa shape index (κ1) is 31.1. The third-order valence-electron chi connectivity index (χ3n) is 10.2. The van der Waals surface area contributed by atoms with E-state index in [0.717, 1.165) is 44.8 Å². The molecule has 0 unspecified atom stereocenters.